The average Bonchev–Trinajstić information content (AvgIpc) is 3.09. The lowest BCUT2D eigenvalue weighted by Crippen LogP contribution is -2.31. The summed E-state index contributed by atoms with van der Waals surface area (Å²) in [5, 5.41) is 2.82. The van der Waals surface area contributed by atoms with Crippen LogP contribution in [0.3, 0.4) is 0 Å². The van der Waals surface area contributed by atoms with Gasteiger partial charge in [-0.05, 0) is 41.8 Å². The van der Waals surface area contributed by atoms with Gasteiger partial charge in [0.2, 0.25) is 5.91 Å². The summed E-state index contributed by atoms with van der Waals surface area (Å²) in [7, 11) is 1.47. The zero-order valence-electron chi connectivity index (χ0n) is 18.2. The van der Waals surface area contributed by atoms with E-state index in [1.807, 2.05) is 24.3 Å². The van der Waals surface area contributed by atoms with Crippen LogP contribution in [0.15, 0.2) is 41.4 Å². The van der Waals surface area contributed by atoms with Gasteiger partial charge >= 0.3 is 0 Å². The van der Waals surface area contributed by atoms with E-state index >= 15 is 0 Å². The zero-order valence-corrected chi connectivity index (χ0v) is 18.2. The molecule has 0 unspecified atom stereocenters. The van der Waals surface area contributed by atoms with Gasteiger partial charge in [0.25, 0.3) is 6.02 Å². The van der Waals surface area contributed by atoms with Gasteiger partial charge in [-0.15, -0.1) is 0 Å². The molecule has 1 amide bonds. The second-order valence-electron chi connectivity index (χ2n) is 8.90. The normalized spacial score (nSPS) is 19.0. The quantitative estimate of drug-likeness (QED) is 0.761. The Bertz CT molecular complexity index is 1040. The number of amidine groups is 1. The highest BCUT2D eigenvalue weighted by Crippen LogP contribution is 2.52. The van der Waals surface area contributed by atoms with Gasteiger partial charge in [0, 0.05) is 23.9 Å². The number of amides is 1. The van der Waals surface area contributed by atoms with Gasteiger partial charge in [-0.25, -0.2) is 4.99 Å². The fourth-order valence-corrected chi connectivity index (χ4v) is 3.63. The maximum Gasteiger partial charge on any atom is 0.283 e. The summed E-state index contributed by atoms with van der Waals surface area (Å²) < 4.78 is 22.6. The van der Waals surface area contributed by atoms with Gasteiger partial charge < -0.3 is 30.0 Å². The standard InChI is InChI=1S/C23H27N3O5/c1-22(2,3)12-29-15-6-8-19-17(10-15)23(13-30-21(24)26-23)16-9-14(5-7-18(16)31-19)25-20(27)11-28-4/h5-10H,11-13H2,1-4H3,(H2,24,26)(H,25,27)/t23-/m0/s1. The molecule has 0 bridgehead atoms. The summed E-state index contributed by atoms with van der Waals surface area (Å²) in [6.07, 6.45) is 0. The molecule has 2 heterocycles. The van der Waals surface area contributed by atoms with E-state index < -0.39 is 5.54 Å². The molecule has 0 fully saturated rings. The number of ether oxygens (including phenoxy) is 4. The van der Waals surface area contributed by atoms with E-state index in [0.29, 0.717) is 29.5 Å². The Balaban J connectivity index is 1.75. The lowest BCUT2D eigenvalue weighted by atomic mass is 9.81. The minimum absolute atomic E-state index is 0.0189. The van der Waals surface area contributed by atoms with Crippen LogP contribution >= 0.6 is 0 Å². The van der Waals surface area contributed by atoms with E-state index in [1.54, 1.807) is 12.1 Å². The highest BCUT2D eigenvalue weighted by molar-refractivity contribution is 5.92. The maximum absolute atomic E-state index is 12.0. The first kappa shape index (κ1) is 21.0. The first-order valence-corrected chi connectivity index (χ1v) is 10.1. The Kier molecular flexibility index (Phi) is 5.26. The van der Waals surface area contributed by atoms with Crippen LogP contribution in [0.1, 0.15) is 31.9 Å². The number of rotatable bonds is 5. The molecular formula is C23H27N3O5. The van der Waals surface area contributed by atoms with Crippen molar-refractivity contribution in [2.24, 2.45) is 16.1 Å². The number of nitrogens with zero attached hydrogens (tertiary/aromatic N) is 1. The van der Waals surface area contributed by atoms with Crippen molar-refractivity contribution < 1.29 is 23.7 Å². The number of aliphatic imine (C=N–C) groups is 1. The third-order valence-corrected chi connectivity index (χ3v) is 5.00. The molecule has 1 spiro atoms. The lowest BCUT2D eigenvalue weighted by molar-refractivity contribution is -0.119. The van der Waals surface area contributed by atoms with Crippen LogP contribution in [-0.4, -0.2) is 38.9 Å². The van der Waals surface area contributed by atoms with Crippen molar-refractivity contribution in [3.8, 4) is 17.2 Å². The smallest absolute Gasteiger partial charge is 0.283 e. The predicted octanol–water partition coefficient (Wildman–Crippen LogP) is 3.39. The molecule has 8 nitrogen and oxygen atoms in total. The molecule has 0 radical (unpaired) electrons. The molecule has 4 rings (SSSR count). The number of fused-ring (bicyclic) bond motifs is 4. The van der Waals surface area contributed by atoms with Crippen LogP contribution in [0, 0.1) is 5.41 Å². The molecule has 2 aromatic rings. The van der Waals surface area contributed by atoms with Gasteiger partial charge in [0.1, 0.15) is 30.5 Å². The van der Waals surface area contributed by atoms with Crippen molar-refractivity contribution in [2.45, 2.75) is 26.3 Å². The number of nitrogens with two attached hydrogens (primary N) is 1. The van der Waals surface area contributed by atoms with Gasteiger partial charge in [-0.3, -0.25) is 4.79 Å². The number of benzene rings is 2. The first-order valence-electron chi connectivity index (χ1n) is 10.1. The monoisotopic (exact) mass is 425 g/mol. The van der Waals surface area contributed by atoms with Crippen molar-refractivity contribution in [1.29, 1.82) is 0 Å². The number of hydrogen-bond donors (Lipinski definition) is 2. The molecule has 2 aliphatic heterocycles. The third-order valence-electron chi connectivity index (χ3n) is 5.00. The second-order valence-corrected chi connectivity index (χ2v) is 8.90. The Morgan fingerprint density at radius 2 is 1.90 bits per heavy atom. The van der Waals surface area contributed by atoms with Crippen LogP contribution in [0.2, 0.25) is 0 Å². The summed E-state index contributed by atoms with van der Waals surface area (Å²) in [5.74, 6) is 1.75. The largest absolute Gasteiger partial charge is 0.493 e. The molecular weight excluding hydrogens is 398 g/mol. The Morgan fingerprint density at radius 1 is 1.19 bits per heavy atom. The summed E-state index contributed by atoms with van der Waals surface area (Å²) >= 11 is 0. The fraction of sp³-hybridized carbons (Fsp3) is 0.391. The van der Waals surface area contributed by atoms with E-state index in [9.17, 15) is 4.79 Å². The van der Waals surface area contributed by atoms with Crippen molar-refractivity contribution >= 4 is 17.6 Å². The third kappa shape index (κ3) is 4.16. The van der Waals surface area contributed by atoms with Gasteiger partial charge in [0.15, 0.2) is 5.54 Å². The second kappa shape index (κ2) is 7.77. The number of hydrogen-bond acceptors (Lipinski definition) is 7. The Hall–Kier alpha value is -3.26. The van der Waals surface area contributed by atoms with Crippen LogP contribution in [0.4, 0.5) is 5.69 Å². The van der Waals surface area contributed by atoms with Crippen LogP contribution in [0.5, 0.6) is 17.2 Å². The molecule has 3 N–H and O–H groups in total. The molecule has 1 atom stereocenters. The molecule has 164 valence electrons. The minimum atomic E-state index is -0.893. The van der Waals surface area contributed by atoms with E-state index in [1.165, 1.54) is 7.11 Å². The highest BCUT2D eigenvalue weighted by Gasteiger charge is 2.47. The molecule has 2 aliphatic rings. The molecule has 0 aromatic heterocycles. The number of anilines is 1. The van der Waals surface area contributed by atoms with E-state index in [4.69, 9.17) is 24.7 Å². The number of methoxy groups -OCH3 is 1. The Labute approximate surface area is 181 Å². The molecule has 0 saturated carbocycles. The lowest BCUT2D eigenvalue weighted by Gasteiger charge is -2.34. The van der Waals surface area contributed by atoms with Crippen LogP contribution < -0.4 is 20.5 Å². The van der Waals surface area contributed by atoms with Gasteiger partial charge in [0.05, 0.1) is 6.61 Å². The summed E-state index contributed by atoms with van der Waals surface area (Å²) in [6.45, 7) is 7.09. The number of carbonyl (C=O) groups is 1. The predicted molar refractivity (Wildman–Crippen MR) is 117 cm³/mol. The van der Waals surface area contributed by atoms with E-state index in [2.05, 4.69) is 31.1 Å². The van der Waals surface area contributed by atoms with Gasteiger partial charge in [-0.2, -0.15) is 0 Å². The summed E-state index contributed by atoms with van der Waals surface area (Å²) in [6, 6.07) is 11.2. The maximum atomic E-state index is 12.0. The minimum Gasteiger partial charge on any atom is -0.493 e. The van der Waals surface area contributed by atoms with E-state index in [0.717, 1.165) is 11.1 Å². The SMILES string of the molecule is COCC(=O)Nc1ccc2c(c1)[C@@]1(COC(N)=N1)c1cc(OCC(C)(C)C)ccc1O2. The van der Waals surface area contributed by atoms with Crippen molar-refractivity contribution in [3.63, 3.8) is 0 Å². The fourth-order valence-electron chi connectivity index (χ4n) is 3.63. The van der Waals surface area contributed by atoms with Crippen molar-refractivity contribution in [1.82, 2.24) is 0 Å². The molecule has 8 heteroatoms. The van der Waals surface area contributed by atoms with Crippen molar-refractivity contribution in [3.05, 3.63) is 47.5 Å². The zero-order chi connectivity index (χ0) is 22.2. The molecule has 2 aromatic carbocycles. The van der Waals surface area contributed by atoms with Gasteiger partial charge in [-0.1, -0.05) is 20.8 Å². The summed E-state index contributed by atoms with van der Waals surface area (Å²) in [4.78, 5) is 16.7. The van der Waals surface area contributed by atoms with Crippen LogP contribution in [0.25, 0.3) is 0 Å². The molecule has 0 saturated heterocycles. The molecule has 31 heavy (non-hydrogen) atoms. The van der Waals surface area contributed by atoms with Crippen LogP contribution in [-0.2, 0) is 19.8 Å². The first-order chi connectivity index (χ1) is 14.7. The topological polar surface area (TPSA) is 104 Å². The highest BCUT2D eigenvalue weighted by atomic mass is 16.5. The molecule has 0 aliphatic carbocycles. The number of carbonyl (C=O) groups excluding carboxylic acids is 1. The number of nitrogens with one attached hydrogen (secondary N) is 1. The van der Waals surface area contributed by atoms with E-state index in [-0.39, 0.29) is 30.6 Å². The Morgan fingerprint density at radius 3 is 2.55 bits per heavy atom. The average molecular weight is 425 g/mol. The summed E-state index contributed by atoms with van der Waals surface area (Å²) in [5.41, 5.74) is 7.22. The van der Waals surface area contributed by atoms with Crippen molar-refractivity contribution in [2.75, 3.05) is 32.2 Å².